The van der Waals surface area contributed by atoms with Crippen LogP contribution in [-0.4, -0.2) is 37.4 Å². The predicted octanol–water partition coefficient (Wildman–Crippen LogP) is 4.36. The Bertz CT molecular complexity index is 775. The Morgan fingerprint density at radius 3 is 2.29 bits per heavy atom. The normalized spacial score (nSPS) is 17.8. The molecule has 0 saturated carbocycles. The average Bonchev–Trinajstić information content (AvgIpc) is 2.88. The molecule has 0 aromatic carbocycles. The topological polar surface area (TPSA) is 64.6 Å². The summed E-state index contributed by atoms with van der Waals surface area (Å²) in [6.45, 7) is 1.89. The van der Waals surface area contributed by atoms with Gasteiger partial charge in [0, 0.05) is 4.88 Å². The molecular formula is C15H14F7NO4S. The third-order valence-electron chi connectivity index (χ3n) is 4.02. The number of nitrogens with one attached hydrogen (secondary N) is 1. The van der Waals surface area contributed by atoms with Crippen molar-refractivity contribution in [2.24, 2.45) is 5.92 Å². The van der Waals surface area contributed by atoms with Crippen molar-refractivity contribution in [1.82, 2.24) is 0 Å². The summed E-state index contributed by atoms with van der Waals surface area (Å²) in [4.78, 5) is 24.2. The second-order valence-corrected chi connectivity index (χ2v) is 7.25. The standard InChI is InChI=1S/C15H14F7NO4S/c1-6-3-4-7-8(5-6)28-10(9(7)11(24)26-2)23-12(25)13(16,17)14(18,19)27-15(20,21)22/h6H,3-5H2,1-2H3,(H,23,25). The number of hydrogen-bond acceptors (Lipinski definition) is 5. The van der Waals surface area contributed by atoms with E-state index in [0.717, 1.165) is 7.11 Å². The lowest BCUT2D eigenvalue weighted by molar-refractivity contribution is -0.457. The van der Waals surface area contributed by atoms with Gasteiger partial charge in [0.05, 0.1) is 12.7 Å². The lowest BCUT2D eigenvalue weighted by Gasteiger charge is -2.25. The average molecular weight is 437 g/mol. The Morgan fingerprint density at radius 1 is 1.14 bits per heavy atom. The van der Waals surface area contributed by atoms with E-state index in [4.69, 9.17) is 0 Å². The second-order valence-electron chi connectivity index (χ2n) is 6.14. The number of hydrogen-bond donors (Lipinski definition) is 1. The number of rotatable bonds is 5. The monoisotopic (exact) mass is 437 g/mol. The van der Waals surface area contributed by atoms with Gasteiger partial charge >= 0.3 is 30.3 Å². The van der Waals surface area contributed by atoms with Crippen LogP contribution in [0.4, 0.5) is 35.7 Å². The number of carbonyl (C=O) groups is 2. The van der Waals surface area contributed by atoms with Crippen LogP contribution in [0.2, 0.25) is 0 Å². The molecule has 0 spiro atoms. The molecule has 0 aliphatic heterocycles. The number of carbonyl (C=O) groups excluding carboxylic acids is 2. The molecule has 13 heteroatoms. The highest BCUT2D eigenvalue weighted by atomic mass is 32.1. The molecule has 0 fully saturated rings. The molecule has 0 saturated heterocycles. The molecule has 1 aliphatic carbocycles. The summed E-state index contributed by atoms with van der Waals surface area (Å²) in [5, 5.41) is 0.930. The van der Waals surface area contributed by atoms with Gasteiger partial charge in [-0.1, -0.05) is 6.92 Å². The molecular weight excluding hydrogens is 423 g/mol. The summed E-state index contributed by atoms with van der Waals surface area (Å²) < 4.78 is 96.3. The highest BCUT2D eigenvalue weighted by Gasteiger charge is 2.67. The van der Waals surface area contributed by atoms with Gasteiger partial charge in [0.1, 0.15) is 5.00 Å². The fourth-order valence-corrected chi connectivity index (χ4v) is 4.07. The second kappa shape index (κ2) is 7.50. The van der Waals surface area contributed by atoms with Crippen molar-refractivity contribution in [1.29, 1.82) is 0 Å². The van der Waals surface area contributed by atoms with Crippen LogP contribution in [0.5, 0.6) is 0 Å². The molecule has 1 aromatic rings. The van der Waals surface area contributed by atoms with E-state index in [1.54, 1.807) is 0 Å². The predicted molar refractivity (Wildman–Crippen MR) is 82.5 cm³/mol. The number of ether oxygens (including phenoxy) is 2. The number of thiophene rings is 1. The maximum absolute atomic E-state index is 13.7. The van der Waals surface area contributed by atoms with Crippen LogP contribution in [0.1, 0.15) is 34.1 Å². The first-order valence-corrected chi connectivity index (χ1v) is 8.58. The van der Waals surface area contributed by atoms with Crippen molar-refractivity contribution in [3.05, 3.63) is 16.0 Å². The zero-order valence-electron chi connectivity index (χ0n) is 14.4. The van der Waals surface area contributed by atoms with E-state index in [9.17, 15) is 40.3 Å². The molecule has 0 bridgehead atoms. The number of alkyl halides is 7. The Morgan fingerprint density at radius 2 is 1.75 bits per heavy atom. The van der Waals surface area contributed by atoms with Gasteiger partial charge in [0.15, 0.2) is 0 Å². The van der Waals surface area contributed by atoms with Crippen LogP contribution in [0.25, 0.3) is 0 Å². The lowest BCUT2D eigenvalue weighted by atomic mass is 9.88. The number of esters is 1. The van der Waals surface area contributed by atoms with E-state index < -0.39 is 35.3 Å². The van der Waals surface area contributed by atoms with E-state index >= 15 is 0 Å². The van der Waals surface area contributed by atoms with E-state index in [2.05, 4.69) is 9.47 Å². The quantitative estimate of drug-likeness (QED) is 0.549. The zero-order valence-corrected chi connectivity index (χ0v) is 15.2. The largest absolute Gasteiger partial charge is 0.527 e. The van der Waals surface area contributed by atoms with Gasteiger partial charge in [0.25, 0.3) is 0 Å². The minimum Gasteiger partial charge on any atom is -0.465 e. The first-order chi connectivity index (χ1) is 12.7. The maximum atomic E-state index is 13.7. The summed E-state index contributed by atoms with van der Waals surface area (Å²) in [5.74, 6) is -9.43. The van der Waals surface area contributed by atoms with E-state index in [-0.39, 0.29) is 11.5 Å². The van der Waals surface area contributed by atoms with Crippen molar-refractivity contribution < 1.29 is 49.8 Å². The van der Waals surface area contributed by atoms with Crippen LogP contribution in [0, 0.1) is 5.92 Å². The van der Waals surface area contributed by atoms with Gasteiger partial charge in [-0.3, -0.25) is 4.79 Å². The molecule has 1 N–H and O–H groups in total. The van der Waals surface area contributed by atoms with Gasteiger partial charge in [-0.05, 0) is 30.7 Å². The van der Waals surface area contributed by atoms with Gasteiger partial charge in [-0.25, -0.2) is 9.53 Å². The summed E-state index contributed by atoms with van der Waals surface area (Å²) in [6.07, 6.45) is -10.8. The number of methoxy groups -OCH3 is 1. The number of halogens is 7. The SMILES string of the molecule is COC(=O)c1c(NC(=O)C(F)(F)C(F)(F)OC(F)(F)F)sc2c1CCC(C)C2. The zero-order chi connectivity index (χ0) is 21.5. The Kier molecular flexibility index (Phi) is 6.00. The van der Waals surface area contributed by atoms with Crippen molar-refractivity contribution in [2.45, 2.75) is 44.6 Å². The smallest absolute Gasteiger partial charge is 0.465 e. The Balaban J connectivity index is 2.36. The third kappa shape index (κ3) is 4.40. The summed E-state index contributed by atoms with van der Waals surface area (Å²) >= 11 is 0.704. The van der Waals surface area contributed by atoms with Crippen molar-refractivity contribution in [2.75, 3.05) is 12.4 Å². The third-order valence-corrected chi connectivity index (χ3v) is 5.19. The number of anilines is 1. The molecule has 1 atom stereocenters. The molecule has 5 nitrogen and oxygen atoms in total. The molecule has 2 rings (SSSR count). The highest BCUT2D eigenvalue weighted by Crippen LogP contribution is 2.43. The summed E-state index contributed by atoms with van der Waals surface area (Å²) in [6, 6.07) is 0. The lowest BCUT2D eigenvalue weighted by Crippen LogP contribution is -2.53. The maximum Gasteiger partial charge on any atom is 0.527 e. The number of fused-ring (bicyclic) bond motifs is 1. The minimum absolute atomic E-state index is 0.186. The van der Waals surface area contributed by atoms with Crippen LogP contribution >= 0.6 is 11.3 Å². The van der Waals surface area contributed by atoms with Gasteiger partial charge in [-0.15, -0.1) is 24.5 Å². The Hall–Kier alpha value is -1.89. The molecule has 158 valence electrons. The molecule has 1 aromatic heterocycles. The van der Waals surface area contributed by atoms with Gasteiger partial charge in [-0.2, -0.15) is 17.6 Å². The Labute approximate surface area is 157 Å². The van der Waals surface area contributed by atoms with E-state index in [0.29, 0.717) is 41.0 Å². The summed E-state index contributed by atoms with van der Waals surface area (Å²) in [5.41, 5.74) is 0.144. The number of amides is 1. The van der Waals surface area contributed by atoms with Crippen molar-refractivity contribution in [3.63, 3.8) is 0 Å². The molecule has 1 heterocycles. The fraction of sp³-hybridized carbons (Fsp3) is 0.600. The van der Waals surface area contributed by atoms with E-state index in [1.807, 2.05) is 6.92 Å². The molecule has 1 unspecified atom stereocenters. The first-order valence-electron chi connectivity index (χ1n) is 7.76. The van der Waals surface area contributed by atoms with Crippen molar-refractivity contribution in [3.8, 4) is 0 Å². The van der Waals surface area contributed by atoms with E-state index in [1.165, 1.54) is 5.32 Å². The van der Waals surface area contributed by atoms with Gasteiger partial charge in [0.2, 0.25) is 0 Å². The molecule has 1 amide bonds. The minimum atomic E-state index is -6.16. The van der Waals surface area contributed by atoms with Crippen LogP contribution < -0.4 is 5.32 Å². The molecule has 1 aliphatic rings. The van der Waals surface area contributed by atoms with Crippen molar-refractivity contribution >= 4 is 28.2 Å². The van der Waals surface area contributed by atoms with Gasteiger partial charge < -0.3 is 10.1 Å². The molecule has 28 heavy (non-hydrogen) atoms. The fourth-order valence-electron chi connectivity index (χ4n) is 2.68. The summed E-state index contributed by atoms with van der Waals surface area (Å²) in [7, 11) is 0.989. The highest BCUT2D eigenvalue weighted by molar-refractivity contribution is 7.17. The molecule has 0 radical (unpaired) electrons. The first kappa shape index (κ1) is 22.4. The van der Waals surface area contributed by atoms with Crippen LogP contribution in [0.15, 0.2) is 0 Å². The van der Waals surface area contributed by atoms with Crippen LogP contribution in [0.3, 0.4) is 0 Å². The van der Waals surface area contributed by atoms with Crippen LogP contribution in [-0.2, 0) is 27.1 Å².